The van der Waals surface area contributed by atoms with Crippen molar-refractivity contribution in [3.8, 4) is 6.07 Å². The number of nitrogens with zero attached hydrogens (tertiary/aromatic N) is 2. The fraction of sp³-hybridized carbons (Fsp3) is 0.125. The highest BCUT2D eigenvalue weighted by molar-refractivity contribution is 6.68. The molecule has 15 heavy (non-hydrogen) atoms. The van der Waals surface area contributed by atoms with Crippen molar-refractivity contribution in [3.63, 3.8) is 0 Å². The second-order valence-corrected chi connectivity index (χ2v) is 3.16. The smallest absolute Gasteiger partial charge is 0.268 e. The minimum atomic E-state index is -2.99. The quantitative estimate of drug-likeness (QED) is 0.759. The number of carbonyl (C=O) groups excluding carboxylic acids is 1. The van der Waals surface area contributed by atoms with Crippen LogP contribution in [-0.4, -0.2) is 10.2 Å². The zero-order chi connectivity index (χ0) is 11.6. The van der Waals surface area contributed by atoms with E-state index < -0.39 is 27.9 Å². The monoisotopic (exact) mass is 250 g/mol. The number of aromatic nitrogens is 1. The standard InChI is InChI=1S/C8H2Cl2F2N2O/c9-6-3(7(10)15)2-14-4(1-13)5(6)8(11)12/h2,8H. The Balaban J connectivity index is 3.51. The van der Waals surface area contributed by atoms with E-state index in [0.717, 1.165) is 6.20 Å². The van der Waals surface area contributed by atoms with Gasteiger partial charge >= 0.3 is 0 Å². The number of hydrogen-bond acceptors (Lipinski definition) is 3. The zero-order valence-corrected chi connectivity index (χ0v) is 8.48. The van der Waals surface area contributed by atoms with Crippen LogP contribution in [-0.2, 0) is 0 Å². The number of rotatable bonds is 2. The third-order valence-electron chi connectivity index (χ3n) is 1.59. The fourth-order valence-electron chi connectivity index (χ4n) is 0.930. The summed E-state index contributed by atoms with van der Waals surface area (Å²) in [4.78, 5) is 14.1. The van der Waals surface area contributed by atoms with E-state index in [1.54, 1.807) is 0 Å². The molecule has 0 spiro atoms. The van der Waals surface area contributed by atoms with Crippen LogP contribution in [0.25, 0.3) is 0 Å². The molecule has 0 amide bonds. The Morgan fingerprint density at radius 3 is 2.60 bits per heavy atom. The van der Waals surface area contributed by atoms with Gasteiger partial charge in [0.2, 0.25) is 0 Å². The van der Waals surface area contributed by atoms with Crippen molar-refractivity contribution >= 4 is 28.4 Å². The molecule has 0 aliphatic heterocycles. The van der Waals surface area contributed by atoms with Crippen LogP contribution in [0, 0.1) is 11.3 Å². The molecule has 0 saturated carbocycles. The molecule has 0 aliphatic rings. The lowest BCUT2D eigenvalue weighted by molar-refractivity contribution is 0.108. The number of pyridine rings is 1. The molecule has 1 aromatic heterocycles. The van der Waals surface area contributed by atoms with Gasteiger partial charge in [0, 0.05) is 6.20 Å². The summed E-state index contributed by atoms with van der Waals surface area (Å²) in [6.07, 6.45) is -2.10. The first-order valence-electron chi connectivity index (χ1n) is 3.55. The van der Waals surface area contributed by atoms with Crippen LogP contribution in [0.4, 0.5) is 8.78 Å². The molecule has 0 bridgehead atoms. The van der Waals surface area contributed by atoms with Crippen molar-refractivity contribution < 1.29 is 13.6 Å². The van der Waals surface area contributed by atoms with Crippen LogP contribution < -0.4 is 0 Å². The maximum absolute atomic E-state index is 12.5. The lowest BCUT2D eigenvalue weighted by atomic mass is 10.1. The Morgan fingerprint density at radius 1 is 1.60 bits per heavy atom. The van der Waals surface area contributed by atoms with Crippen LogP contribution >= 0.6 is 23.2 Å². The number of hydrogen-bond donors (Lipinski definition) is 0. The maximum atomic E-state index is 12.5. The Labute approximate surface area is 93.2 Å². The molecule has 0 aromatic carbocycles. The van der Waals surface area contributed by atoms with Gasteiger partial charge in [-0.05, 0) is 11.6 Å². The average molecular weight is 251 g/mol. The Kier molecular flexibility index (Phi) is 3.56. The van der Waals surface area contributed by atoms with E-state index in [2.05, 4.69) is 4.98 Å². The van der Waals surface area contributed by atoms with Gasteiger partial charge in [0.15, 0.2) is 5.69 Å². The van der Waals surface area contributed by atoms with Crippen LogP contribution in [0.3, 0.4) is 0 Å². The molecular weight excluding hydrogens is 249 g/mol. The van der Waals surface area contributed by atoms with E-state index in [4.69, 9.17) is 28.5 Å². The molecule has 0 fully saturated rings. The predicted molar refractivity (Wildman–Crippen MR) is 49.1 cm³/mol. The summed E-state index contributed by atoms with van der Waals surface area (Å²) in [5, 5.41) is 6.97. The molecule has 3 nitrogen and oxygen atoms in total. The molecule has 78 valence electrons. The molecule has 0 saturated heterocycles. The van der Waals surface area contributed by atoms with Gasteiger partial charge in [0.1, 0.15) is 6.07 Å². The topological polar surface area (TPSA) is 53.8 Å². The molecule has 1 heterocycles. The molecule has 0 atom stereocenters. The van der Waals surface area contributed by atoms with Crippen LogP contribution in [0.2, 0.25) is 5.02 Å². The van der Waals surface area contributed by atoms with Gasteiger partial charge in [-0.1, -0.05) is 11.6 Å². The van der Waals surface area contributed by atoms with E-state index >= 15 is 0 Å². The summed E-state index contributed by atoms with van der Waals surface area (Å²) in [6.45, 7) is 0. The lowest BCUT2D eigenvalue weighted by Crippen LogP contribution is -2.02. The molecule has 1 aromatic rings. The normalized spacial score (nSPS) is 10.1. The van der Waals surface area contributed by atoms with Crippen molar-refractivity contribution in [1.82, 2.24) is 4.98 Å². The number of nitriles is 1. The molecule has 7 heteroatoms. The van der Waals surface area contributed by atoms with Crippen molar-refractivity contribution in [2.24, 2.45) is 0 Å². The minimum Gasteiger partial charge on any atom is -0.275 e. The third kappa shape index (κ3) is 2.22. The van der Waals surface area contributed by atoms with Crippen LogP contribution in [0.15, 0.2) is 6.20 Å². The van der Waals surface area contributed by atoms with Crippen LogP contribution in [0.5, 0.6) is 0 Å². The van der Waals surface area contributed by atoms with Gasteiger partial charge in [-0.25, -0.2) is 13.8 Å². The number of alkyl halides is 2. The molecule has 1 rings (SSSR count). The summed E-state index contributed by atoms with van der Waals surface area (Å²) in [7, 11) is 0. The van der Waals surface area contributed by atoms with Gasteiger partial charge in [0.05, 0.1) is 16.1 Å². The summed E-state index contributed by atoms with van der Waals surface area (Å²) < 4.78 is 25.0. The minimum absolute atomic E-state index is 0.340. The molecule has 0 aliphatic carbocycles. The highest BCUT2D eigenvalue weighted by atomic mass is 35.5. The molecule has 0 unspecified atom stereocenters. The zero-order valence-electron chi connectivity index (χ0n) is 6.97. The fourth-order valence-corrected chi connectivity index (χ4v) is 1.43. The Morgan fingerprint density at radius 2 is 2.20 bits per heavy atom. The summed E-state index contributed by atoms with van der Waals surface area (Å²) in [5.74, 6) is 0. The van der Waals surface area contributed by atoms with Crippen molar-refractivity contribution in [2.45, 2.75) is 6.43 Å². The summed E-state index contributed by atoms with van der Waals surface area (Å²) in [5.41, 5.74) is -1.63. The van der Waals surface area contributed by atoms with E-state index in [9.17, 15) is 13.6 Å². The Bertz CT molecular complexity index is 457. The van der Waals surface area contributed by atoms with E-state index in [1.165, 1.54) is 6.07 Å². The third-order valence-corrected chi connectivity index (χ3v) is 2.20. The number of halogens is 4. The first-order valence-corrected chi connectivity index (χ1v) is 4.31. The van der Waals surface area contributed by atoms with Gasteiger partial charge < -0.3 is 0 Å². The first kappa shape index (κ1) is 11.8. The highest BCUT2D eigenvalue weighted by Gasteiger charge is 2.23. The summed E-state index contributed by atoms with van der Waals surface area (Å²) >= 11 is 10.6. The Hall–Kier alpha value is -1.25. The van der Waals surface area contributed by atoms with E-state index in [0.29, 0.717) is 0 Å². The lowest BCUT2D eigenvalue weighted by Gasteiger charge is -2.06. The van der Waals surface area contributed by atoms with Crippen molar-refractivity contribution in [2.75, 3.05) is 0 Å². The highest BCUT2D eigenvalue weighted by Crippen LogP contribution is 2.32. The summed E-state index contributed by atoms with van der Waals surface area (Å²) in [6, 6.07) is 1.45. The van der Waals surface area contributed by atoms with Crippen molar-refractivity contribution in [1.29, 1.82) is 5.26 Å². The molecule has 0 N–H and O–H groups in total. The maximum Gasteiger partial charge on any atom is 0.268 e. The van der Waals surface area contributed by atoms with E-state index in [1.807, 2.05) is 0 Å². The largest absolute Gasteiger partial charge is 0.275 e. The second kappa shape index (κ2) is 4.51. The predicted octanol–water partition coefficient (Wildman–Crippen LogP) is 2.92. The molecular formula is C8H2Cl2F2N2O. The van der Waals surface area contributed by atoms with Gasteiger partial charge in [-0.3, -0.25) is 4.79 Å². The SMILES string of the molecule is N#Cc1ncc(C(=O)Cl)c(Cl)c1C(F)F. The van der Waals surface area contributed by atoms with Crippen molar-refractivity contribution in [3.05, 3.63) is 28.0 Å². The average Bonchev–Trinajstić information content (AvgIpc) is 2.15. The molecule has 0 radical (unpaired) electrons. The first-order chi connectivity index (χ1) is 6.99. The van der Waals surface area contributed by atoms with Gasteiger partial charge in [0.25, 0.3) is 11.7 Å². The van der Waals surface area contributed by atoms with Gasteiger partial charge in [-0.15, -0.1) is 0 Å². The number of carbonyl (C=O) groups is 1. The van der Waals surface area contributed by atoms with Gasteiger partial charge in [-0.2, -0.15) is 5.26 Å². The van der Waals surface area contributed by atoms with Crippen LogP contribution in [0.1, 0.15) is 28.0 Å². The second-order valence-electron chi connectivity index (χ2n) is 2.43. The van der Waals surface area contributed by atoms with E-state index in [-0.39, 0.29) is 5.56 Å².